The van der Waals surface area contributed by atoms with Crippen LogP contribution in [0.2, 0.25) is 11.1 Å². The fraction of sp³-hybridized carbons (Fsp3) is 0.290. The summed E-state index contributed by atoms with van der Waals surface area (Å²) in [7, 11) is -0.351. The highest BCUT2D eigenvalue weighted by Crippen LogP contribution is 2.63. The summed E-state index contributed by atoms with van der Waals surface area (Å²) in [5.74, 6) is 1.30. The summed E-state index contributed by atoms with van der Waals surface area (Å²) >= 11 is 0. The first kappa shape index (κ1) is 20.0. The van der Waals surface area contributed by atoms with E-state index in [-0.39, 0.29) is 8.80 Å². The Morgan fingerprint density at radius 3 is 2.12 bits per heavy atom. The molecule has 1 saturated heterocycles. The van der Waals surface area contributed by atoms with Crippen molar-refractivity contribution in [2.75, 3.05) is 0 Å². The zero-order valence-corrected chi connectivity index (χ0v) is 19.7. The number of benzene rings is 3. The molecule has 0 amide bonds. The van der Waals surface area contributed by atoms with Crippen LogP contribution in [0, 0.1) is 0 Å². The summed E-state index contributed by atoms with van der Waals surface area (Å²) in [6.45, 7) is 0. The Morgan fingerprint density at radius 2 is 1.28 bits per heavy atom. The van der Waals surface area contributed by atoms with Gasteiger partial charge >= 0.3 is 0 Å². The van der Waals surface area contributed by atoms with E-state index in [1.807, 2.05) is 0 Å². The van der Waals surface area contributed by atoms with Crippen molar-refractivity contribution in [3.8, 4) is 0 Å². The van der Waals surface area contributed by atoms with E-state index in [1.54, 1.807) is 16.7 Å². The predicted molar refractivity (Wildman–Crippen MR) is 138 cm³/mol. The van der Waals surface area contributed by atoms with Crippen LogP contribution in [0.25, 0.3) is 12.2 Å². The number of hydrogen-bond donors (Lipinski definition) is 0. The summed E-state index contributed by atoms with van der Waals surface area (Å²) in [6.07, 6.45) is 15.1. The average molecular weight is 432 g/mol. The van der Waals surface area contributed by atoms with Crippen molar-refractivity contribution in [1.29, 1.82) is 0 Å². The maximum atomic E-state index is 2.52. The minimum atomic E-state index is -0.351. The van der Waals surface area contributed by atoms with Crippen LogP contribution in [0.3, 0.4) is 0 Å². The molecule has 0 N–H and O–H groups in total. The van der Waals surface area contributed by atoms with Gasteiger partial charge < -0.3 is 0 Å². The molecule has 0 aromatic heterocycles. The van der Waals surface area contributed by atoms with Gasteiger partial charge in [-0.2, -0.15) is 0 Å². The van der Waals surface area contributed by atoms with E-state index >= 15 is 0 Å². The molecule has 1 fully saturated rings. The Kier molecular flexibility index (Phi) is 5.44. The average Bonchev–Trinajstić information content (AvgIpc) is 3.17. The molecule has 0 nitrogen and oxygen atoms in total. The van der Waals surface area contributed by atoms with E-state index in [0.717, 1.165) is 11.1 Å². The standard InChI is InChI=1S/C31H31Si/c1-2-10-23(11-3-1)22-32-30(31(32)29-21-20-26-14-5-8-16-28(26)29)17-9-6-13-25-19-18-24-12-4-7-15-27(24)25/h1-5,7-8,10-12,14-16,18-21,25,29-31H,6,9,13,17,22H2. The molecule has 0 saturated carbocycles. The molecule has 32 heavy (non-hydrogen) atoms. The second-order valence-corrected chi connectivity index (χ2v) is 12.7. The zero-order valence-electron chi connectivity index (χ0n) is 18.7. The summed E-state index contributed by atoms with van der Waals surface area (Å²) in [4.78, 5) is 0. The molecular weight excluding hydrogens is 400 g/mol. The maximum Gasteiger partial charge on any atom is 0.0600 e. The Bertz CT molecular complexity index is 1140. The third-order valence-electron chi connectivity index (χ3n) is 7.89. The number of allylic oxidation sites excluding steroid dienone is 2. The van der Waals surface area contributed by atoms with Gasteiger partial charge in [0.05, 0.1) is 8.80 Å². The number of fused-ring (bicyclic) bond motifs is 2. The molecule has 1 heterocycles. The van der Waals surface area contributed by atoms with Gasteiger partial charge in [-0.05, 0) is 45.8 Å². The van der Waals surface area contributed by atoms with Crippen molar-refractivity contribution in [1.82, 2.24) is 0 Å². The molecule has 3 aromatic carbocycles. The van der Waals surface area contributed by atoms with Crippen LogP contribution >= 0.6 is 0 Å². The lowest BCUT2D eigenvalue weighted by molar-refractivity contribution is 0.600. The molecule has 2 aliphatic carbocycles. The molecule has 1 aliphatic heterocycles. The van der Waals surface area contributed by atoms with E-state index in [0.29, 0.717) is 11.8 Å². The molecular formula is C31H31Si. The van der Waals surface area contributed by atoms with Crippen molar-refractivity contribution in [2.45, 2.75) is 54.6 Å². The summed E-state index contributed by atoms with van der Waals surface area (Å²) < 4.78 is 0. The van der Waals surface area contributed by atoms with Gasteiger partial charge in [0.25, 0.3) is 0 Å². The van der Waals surface area contributed by atoms with Crippen LogP contribution in [0.5, 0.6) is 0 Å². The zero-order chi connectivity index (χ0) is 21.3. The Hall–Kier alpha value is -2.64. The summed E-state index contributed by atoms with van der Waals surface area (Å²) in [5, 5.41) is 0. The van der Waals surface area contributed by atoms with Gasteiger partial charge in [0.2, 0.25) is 0 Å². The van der Waals surface area contributed by atoms with Crippen LogP contribution in [-0.4, -0.2) is 8.80 Å². The van der Waals surface area contributed by atoms with Crippen LogP contribution in [-0.2, 0) is 6.04 Å². The molecule has 4 atom stereocenters. The van der Waals surface area contributed by atoms with E-state index in [4.69, 9.17) is 0 Å². The third-order valence-corrected chi connectivity index (χ3v) is 11.5. The van der Waals surface area contributed by atoms with Gasteiger partial charge in [-0.15, -0.1) is 0 Å². The SMILES string of the molecule is C1=CC(CCCCC2C(C3C=Cc4ccccc43)[Si]2Cc2ccccc2)c2ccccc21. The molecule has 3 aromatic rings. The number of rotatable bonds is 8. The van der Waals surface area contributed by atoms with Crippen molar-refractivity contribution in [2.24, 2.45) is 0 Å². The van der Waals surface area contributed by atoms with E-state index < -0.39 is 0 Å². The van der Waals surface area contributed by atoms with Crippen LogP contribution < -0.4 is 0 Å². The van der Waals surface area contributed by atoms with E-state index in [1.165, 1.54) is 42.9 Å². The van der Waals surface area contributed by atoms with Crippen LogP contribution in [0.15, 0.2) is 91.0 Å². The van der Waals surface area contributed by atoms with Crippen molar-refractivity contribution < 1.29 is 0 Å². The van der Waals surface area contributed by atoms with Gasteiger partial charge in [-0.25, -0.2) is 0 Å². The molecule has 4 unspecified atom stereocenters. The lowest BCUT2D eigenvalue weighted by atomic mass is 9.93. The lowest BCUT2D eigenvalue weighted by Gasteiger charge is -2.12. The monoisotopic (exact) mass is 431 g/mol. The predicted octanol–water partition coefficient (Wildman–Crippen LogP) is 8.20. The third kappa shape index (κ3) is 3.84. The molecule has 6 rings (SSSR count). The van der Waals surface area contributed by atoms with Crippen molar-refractivity contribution in [3.05, 3.63) is 119 Å². The molecule has 0 spiro atoms. The Labute approximate surface area is 194 Å². The highest BCUT2D eigenvalue weighted by Gasteiger charge is 2.54. The highest BCUT2D eigenvalue weighted by atomic mass is 28.3. The topological polar surface area (TPSA) is 0 Å². The summed E-state index contributed by atoms with van der Waals surface area (Å²) in [6, 6.07) is 30.6. The fourth-order valence-corrected chi connectivity index (χ4v) is 10.3. The highest BCUT2D eigenvalue weighted by molar-refractivity contribution is 6.74. The molecule has 1 heteroatoms. The molecule has 0 bridgehead atoms. The minimum absolute atomic E-state index is 0.351. The van der Waals surface area contributed by atoms with E-state index in [2.05, 4.69) is 103 Å². The normalized spacial score (nSPS) is 25.1. The van der Waals surface area contributed by atoms with Gasteiger partial charge in [-0.3, -0.25) is 0 Å². The fourth-order valence-electron chi connectivity index (χ4n) is 6.22. The van der Waals surface area contributed by atoms with Crippen LogP contribution in [0.1, 0.15) is 65.3 Å². The first-order valence-electron chi connectivity index (χ1n) is 12.3. The number of unbranched alkanes of at least 4 members (excludes halogenated alkanes) is 1. The Balaban J connectivity index is 1.10. The first-order chi connectivity index (χ1) is 15.9. The smallest absolute Gasteiger partial charge is 0.0600 e. The molecule has 159 valence electrons. The quantitative estimate of drug-likeness (QED) is 0.249. The second kappa shape index (κ2) is 8.71. The Morgan fingerprint density at radius 1 is 0.625 bits per heavy atom. The lowest BCUT2D eigenvalue weighted by Crippen LogP contribution is -2.03. The van der Waals surface area contributed by atoms with Gasteiger partial charge in [0.1, 0.15) is 0 Å². The van der Waals surface area contributed by atoms with Gasteiger partial charge in [0.15, 0.2) is 0 Å². The first-order valence-corrected chi connectivity index (χ1v) is 14.2. The minimum Gasteiger partial charge on any atom is -0.0764 e. The van der Waals surface area contributed by atoms with Crippen molar-refractivity contribution >= 4 is 20.9 Å². The molecule has 1 radical (unpaired) electrons. The van der Waals surface area contributed by atoms with Crippen molar-refractivity contribution in [3.63, 3.8) is 0 Å². The van der Waals surface area contributed by atoms with E-state index in [9.17, 15) is 0 Å². The summed E-state index contributed by atoms with van der Waals surface area (Å²) in [5.41, 5.74) is 9.44. The van der Waals surface area contributed by atoms with Crippen LogP contribution in [0.4, 0.5) is 0 Å². The largest absolute Gasteiger partial charge is 0.0764 e. The second-order valence-electron chi connectivity index (χ2n) is 9.76. The number of hydrogen-bond acceptors (Lipinski definition) is 0. The molecule has 3 aliphatic rings. The van der Waals surface area contributed by atoms with Gasteiger partial charge in [-0.1, -0.05) is 128 Å². The van der Waals surface area contributed by atoms with Gasteiger partial charge in [0, 0.05) is 11.8 Å². The maximum absolute atomic E-state index is 2.52.